The van der Waals surface area contributed by atoms with Gasteiger partial charge in [-0.25, -0.2) is 4.98 Å². The summed E-state index contributed by atoms with van der Waals surface area (Å²) in [5, 5.41) is 0.718. The van der Waals surface area contributed by atoms with Crippen molar-refractivity contribution < 1.29 is 9.53 Å². The number of carbonyl (C=O) groups excluding carboxylic acids is 1. The minimum Gasteiger partial charge on any atom is -0.494 e. The number of thiazole rings is 1. The number of benzene rings is 2. The van der Waals surface area contributed by atoms with E-state index in [1.807, 2.05) is 57.1 Å². The highest BCUT2D eigenvalue weighted by atomic mass is 32.1. The SMILES string of the molecule is COc1ccc(C)c2sc(N(CCCN(C)C)C(=O)c3cc(C)cc(C)c3)nc12. The van der Waals surface area contributed by atoms with Crippen molar-refractivity contribution in [3.8, 4) is 5.75 Å². The first-order chi connectivity index (χ1) is 13.8. The van der Waals surface area contributed by atoms with Crippen LogP contribution in [-0.4, -0.2) is 50.1 Å². The summed E-state index contributed by atoms with van der Waals surface area (Å²) in [5.41, 5.74) is 4.83. The fourth-order valence-electron chi connectivity index (χ4n) is 3.46. The van der Waals surface area contributed by atoms with E-state index in [0.717, 1.165) is 50.8 Å². The maximum Gasteiger partial charge on any atom is 0.260 e. The normalized spacial score (nSPS) is 11.3. The van der Waals surface area contributed by atoms with Gasteiger partial charge < -0.3 is 9.64 Å². The van der Waals surface area contributed by atoms with Crippen molar-refractivity contribution in [2.45, 2.75) is 27.2 Å². The topological polar surface area (TPSA) is 45.7 Å². The first kappa shape index (κ1) is 21.3. The van der Waals surface area contributed by atoms with Crippen LogP contribution in [0.2, 0.25) is 0 Å². The molecule has 6 heteroatoms. The van der Waals surface area contributed by atoms with Gasteiger partial charge in [-0.15, -0.1) is 0 Å². The molecule has 3 rings (SSSR count). The van der Waals surface area contributed by atoms with Crippen LogP contribution in [0.15, 0.2) is 30.3 Å². The molecule has 0 radical (unpaired) electrons. The molecule has 2 aromatic carbocycles. The molecule has 154 valence electrons. The lowest BCUT2D eigenvalue weighted by Gasteiger charge is -2.21. The Kier molecular flexibility index (Phi) is 6.55. The standard InChI is InChI=1S/C23H29N3O2S/c1-15-12-16(2)14-18(13-15)22(27)26(11-7-10-25(4)5)23-24-20-19(28-6)9-8-17(3)21(20)29-23/h8-9,12-14H,7,10-11H2,1-6H3. The summed E-state index contributed by atoms with van der Waals surface area (Å²) in [7, 11) is 5.74. The summed E-state index contributed by atoms with van der Waals surface area (Å²) >= 11 is 1.55. The third-order valence-corrected chi connectivity index (χ3v) is 6.06. The minimum absolute atomic E-state index is 0.00812. The molecular weight excluding hydrogens is 382 g/mol. The smallest absolute Gasteiger partial charge is 0.260 e. The van der Waals surface area contributed by atoms with Gasteiger partial charge in [0.05, 0.1) is 11.8 Å². The van der Waals surface area contributed by atoms with E-state index < -0.39 is 0 Å². The van der Waals surface area contributed by atoms with Crippen molar-refractivity contribution in [1.29, 1.82) is 0 Å². The lowest BCUT2D eigenvalue weighted by atomic mass is 10.1. The molecule has 0 atom stereocenters. The highest BCUT2D eigenvalue weighted by molar-refractivity contribution is 7.22. The van der Waals surface area contributed by atoms with Gasteiger partial charge in [-0.3, -0.25) is 9.69 Å². The van der Waals surface area contributed by atoms with Crippen LogP contribution in [0.4, 0.5) is 5.13 Å². The van der Waals surface area contributed by atoms with Crippen LogP contribution in [0.3, 0.4) is 0 Å². The molecule has 0 saturated carbocycles. The van der Waals surface area contributed by atoms with Gasteiger partial charge in [-0.2, -0.15) is 0 Å². The Bertz CT molecular complexity index is 1010. The quantitative estimate of drug-likeness (QED) is 0.559. The van der Waals surface area contributed by atoms with Gasteiger partial charge in [0, 0.05) is 12.1 Å². The van der Waals surface area contributed by atoms with Crippen molar-refractivity contribution >= 4 is 32.6 Å². The average molecular weight is 412 g/mol. The summed E-state index contributed by atoms with van der Waals surface area (Å²) < 4.78 is 6.56. The summed E-state index contributed by atoms with van der Waals surface area (Å²) in [5.74, 6) is 0.728. The van der Waals surface area contributed by atoms with Crippen molar-refractivity contribution in [2.75, 3.05) is 39.2 Å². The second-order valence-electron chi connectivity index (χ2n) is 7.75. The molecule has 1 aromatic heterocycles. The van der Waals surface area contributed by atoms with Gasteiger partial charge in [0.2, 0.25) is 0 Å². The first-order valence-electron chi connectivity index (χ1n) is 9.79. The largest absolute Gasteiger partial charge is 0.494 e. The Balaban J connectivity index is 2.04. The molecule has 0 saturated heterocycles. The number of carbonyl (C=O) groups is 1. The van der Waals surface area contributed by atoms with Gasteiger partial charge >= 0.3 is 0 Å². The van der Waals surface area contributed by atoms with Crippen molar-refractivity contribution in [3.63, 3.8) is 0 Å². The Morgan fingerprint density at radius 3 is 2.38 bits per heavy atom. The lowest BCUT2D eigenvalue weighted by molar-refractivity contribution is 0.0986. The van der Waals surface area contributed by atoms with E-state index in [2.05, 4.69) is 17.9 Å². The number of aryl methyl sites for hydroxylation is 3. The number of nitrogens with zero attached hydrogens (tertiary/aromatic N) is 3. The maximum atomic E-state index is 13.5. The summed E-state index contributed by atoms with van der Waals surface area (Å²) in [4.78, 5) is 22.3. The second-order valence-corrected chi connectivity index (χ2v) is 8.73. The van der Waals surface area contributed by atoms with Crippen LogP contribution in [0.25, 0.3) is 10.2 Å². The highest BCUT2D eigenvalue weighted by Gasteiger charge is 2.23. The van der Waals surface area contributed by atoms with Gasteiger partial charge in [0.15, 0.2) is 5.13 Å². The van der Waals surface area contributed by atoms with Crippen LogP contribution in [0.5, 0.6) is 5.75 Å². The van der Waals surface area contributed by atoms with Crippen LogP contribution in [0.1, 0.15) is 33.5 Å². The number of hydrogen-bond acceptors (Lipinski definition) is 5. The number of amides is 1. The van der Waals surface area contributed by atoms with Crippen LogP contribution in [0, 0.1) is 20.8 Å². The fourth-order valence-corrected chi connectivity index (χ4v) is 4.54. The molecule has 3 aromatic rings. The number of fused-ring (bicyclic) bond motifs is 1. The molecule has 29 heavy (non-hydrogen) atoms. The zero-order valence-electron chi connectivity index (χ0n) is 18.1. The third kappa shape index (κ3) is 4.77. The number of hydrogen-bond donors (Lipinski definition) is 0. The average Bonchev–Trinajstić information content (AvgIpc) is 3.10. The molecule has 0 aliphatic heterocycles. The minimum atomic E-state index is -0.00812. The Morgan fingerprint density at radius 2 is 1.76 bits per heavy atom. The first-order valence-corrected chi connectivity index (χ1v) is 10.6. The van der Waals surface area contributed by atoms with E-state index in [0.29, 0.717) is 12.1 Å². The Morgan fingerprint density at radius 1 is 1.07 bits per heavy atom. The number of ether oxygens (including phenoxy) is 1. The van der Waals surface area contributed by atoms with E-state index in [-0.39, 0.29) is 5.91 Å². The predicted molar refractivity (Wildman–Crippen MR) is 122 cm³/mol. The Hall–Kier alpha value is -2.44. The lowest BCUT2D eigenvalue weighted by Crippen LogP contribution is -2.33. The molecule has 0 spiro atoms. The van der Waals surface area contributed by atoms with Gasteiger partial charge in [-0.1, -0.05) is 34.6 Å². The van der Waals surface area contributed by atoms with Gasteiger partial charge in [0.1, 0.15) is 11.3 Å². The molecular formula is C23H29N3O2S. The molecule has 0 aliphatic carbocycles. The molecule has 0 fully saturated rings. The van der Waals surface area contributed by atoms with E-state index in [1.165, 1.54) is 0 Å². The second kappa shape index (κ2) is 8.93. The van der Waals surface area contributed by atoms with Crippen molar-refractivity contribution in [1.82, 2.24) is 9.88 Å². The van der Waals surface area contributed by atoms with Crippen molar-refractivity contribution in [3.05, 3.63) is 52.6 Å². The van der Waals surface area contributed by atoms with Crippen LogP contribution in [-0.2, 0) is 0 Å². The third-order valence-electron chi connectivity index (χ3n) is 4.84. The molecule has 0 N–H and O–H groups in total. The molecule has 5 nitrogen and oxygen atoms in total. The van der Waals surface area contributed by atoms with E-state index >= 15 is 0 Å². The molecule has 0 bridgehead atoms. The number of aromatic nitrogens is 1. The molecule has 0 unspecified atom stereocenters. The zero-order valence-corrected chi connectivity index (χ0v) is 18.9. The maximum absolute atomic E-state index is 13.5. The van der Waals surface area contributed by atoms with Crippen molar-refractivity contribution in [2.24, 2.45) is 0 Å². The molecule has 0 aliphatic rings. The summed E-state index contributed by atoms with van der Waals surface area (Å²) in [6.45, 7) is 7.62. The predicted octanol–water partition coefficient (Wildman–Crippen LogP) is 4.83. The highest BCUT2D eigenvalue weighted by Crippen LogP contribution is 2.37. The summed E-state index contributed by atoms with van der Waals surface area (Å²) in [6.07, 6.45) is 0.871. The number of anilines is 1. The molecule has 1 amide bonds. The zero-order chi connectivity index (χ0) is 21.1. The monoisotopic (exact) mass is 411 g/mol. The van der Waals surface area contributed by atoms with Crippen LogP contribution < -0.4 is 9.64 Å². The van der Waals surface area contributed by atoms with E-state index in [9.17, 15) is 4.79 Å². The fraction of sp³-hybridized carbons (Fsp3) is 0.391. The number of rotatable bonds is 7. The van der Waals surface area contributed by atoms with E-state index in [1.54, 1.807) is 18.4 Å². The summed E-state index contributed by atoms with van der Waals surface area (Å²) in [6, 6.07) is 9.95. The van der Waals surface area contributed by atoms with Gasteiger partial charge in [-0.05, 0) is 71.6 Å². The van der Waals surface area contributed by atoms with Gasteiger partial charge in [0.25, 0.3) is 5.91 Å². The molecule has 1 heterocycles. The number of methoxy groups -OCH3 is 1. The Labute approximate surface area is 176 Å². The van der Waals surface area contributed by atoms with E-state index in [4.69, 9.17) is 9.72 Å². The van der Waals surface area contributed by atoms with Crippen LogP contribution >= 0.6 is 11.3 Å².